The Morgan fingerprint density at radius 2 is 2.22 bits per heavy atom. The first-order valence-electron chi connectivity index (χ1n) is 6.00. The molecule has 18 heavy (non-hydrogen) atoms. The van der Waals surface area contributed by atoms with E-state index in [0.717, 1.165) is 0 Å². The third kappa shape index (κ3) is 2.96. The molecule has 1 aromatic heterocycles. The second kappa shape index (κ2) is 5.78. The first-order chi connectivity index (χ1) is 8.70. The van der Waals surface area contributed by atoms with Gasteiger partial charge in [-0.15, -0.1) is 0 Å². The van der Waals surface area contributed by atoms with Crippen LogP contribution in [0.4, 0.5) is 4.39 Å². The van der Waals surface area contributed by atoms with E-state index in [2.05, 4.69) is 0 Å². The van der Waals surface area contributed by atoms with Gasteiger partial charge in [0.25, 0.3) is 0 Å². The summed E-state index contributed by atoms with van der Waals surface area (Å²) in [5.74, 6) is -0.128. The Kier molecular flexibility index (Phi) is 4.10. The Morgan fingerprint density at radius 3 is 3.00 bits per heavy atom. The van der Waals surface area contributed by atoms with Gasteiger partial charge in [-0.3, -0.25) is 4.79 Å². The van der Waals surface area contributed by atoms with Crippen LogP contribution < -0.4 is 0 Å². The number of fused-ring (bicyclic) bond motifs is 1. The maximum absolute atomic E-state index is 13.0. The second-order valence-corrected chi connectivity index (χ2v) is 4.02. The van der Waals surface area contributed by atoms with E-state index >= 15 is 0 Å². The molecule has 2 rings (SSSR count). The van der Waals surface area contributed by atoms with Crippen molar-refractivity contribution in [1.29, 1.82) is 0 Å². The molecule has 0 spiro atoms. The summed E-state index contributed by atoms with van der Waals surface area (Å²) in [4.78, 5) is 11.8. The summed E-state index contributed by atoms with van der Waals surface area (Å²) in [5.41, 5.74) is 0.532. The summed E-state index contributed by atoms with van der Waals surface area (Å²) in [7, 11) is 0. The molecule has 0 aliphatic heterocycles. The van der Waals surface area contributed by atoms with Gasteiger partial charge < -0.3 is 9.15 Å². The lowest BCUT2D eigenvalue weighted by molar-refractivity contribution is 0.0923. The number of ether oxygens (including phenoxy) is 1. The summed E-state index contributed by atoms with van der Waals surface area (Å²) in [6.45, 7) is 3.13. The van der Waals surface area contributed by atoms with Crippen LogP contribution in [0.15, 0.2) is 28.7 Å². The third-order valence-electron chi connectivity index (χ3n) is 2.65. The molecule has 2 aromatic rings. The predicted octanol–water partition coefficient (Wildman–Crippen LogP) is 3.57. The molecule has 0 N–H and O–H groups in total. The zero-order chi connectivity index (χ0) is 13.0. The van der Waals surface area contributed by atoms with Crippen LogP contribution in [0.1, 0.15) is 30.3 Å². The number of carbonyl (C=O) groups is 1. The number of hydrogen-bond acceptors (Lipinski definition) is 3. The van der Waals surface area contributed by atoms with Gasteiger partial charge in [-0.05, 0) is 37.6 Å². The molecule has 4 heteroatoms. The van der Waals surface area contributed by atoms with Gasteiger partial charge >= 0.3 is 0 Å². The van der Waals surface area contributed by atoms with Crippen molar-refractivity contribution in [3.63, 3.8) is 0 Å². The SMILES string of the molecule is CCOCCCC(=O)c1cc2cc(F)ccc2o1. The van der Waals surface area contributed by atoms with Crippen molar-refractivity contribution in [1.82, 2.24) is 0 Å². The lowest BCUT2D eigenvalue weighted by atomic mass is 10.1. The van der Waals surface area contributed by atoms with E-state index < -0.39 is 0 Å². The molecule has 1 aromatic carbocycles. The highest BCUT2D eigenvalue weighted by molar-refractivity contribution is 5.97. The van der Waals surface area contributed by atoms with Crippen LogP contribution in [0.25, 0.3) is 11.0 Å². The van der Waals surface area contributed by atoms with Gasteiger partial charge in [0.1, 0.15) is 11.4 Å². The number of hydrogen-bond donors (Lipinski definition) is 0. The van der Waals surface area contributed by atoms with Crippen molar-refractivity contribution in [3.8, 4) is 0 Å². The van der Waals surface area contributed by atoms with Crippen LogP contribution in [0.3, 0.4) is 0 Å². The van der Waals surface area contributed by atoms with Gasteiger partial charge in [0.05, 0.1) is 0 Å². The number of Topliss-reactive ketones (excluding diaryl/α,β-unsaturated/α-hetero) is 1. The fraction of sp³-hybridized carbons (Fsp3) is 0.357. The zero-order valence-electron chi connectivity index (χ0n) is 10.2. The number of ketones is 1. The average Bonchev–Trinajstić information content (AvgIpc) is 2.77. The Hall–Kier alpha value is -1.68. The minimum absolute atomic E-state index is 0.0775. The van der Waals surface area contributed by atoms with Crippen molar-refractivity contribution in [2.45, 2.75) is 19.8 Å². The van der Waals surface area contributed by atoms with Crippen molar-refractivity contribution in [2.75, 3.05) is 13.2 Å². The molecule has 96 valence electrons. The fourth-order valence-corrected chi connectivity index (χ4v) is 1.75. The van der Waals surface area contributed by atoms with E-state index in [0.29, 0.717) is 37.0 Å². The number of halogens is 1. The van der Waals surface area contributed by atoms with E-state index in [1.165, 1.54) is 18.2 Å². The maximum Gasteiger partial charge on any atom is 0.198 e. The quantitative estimate of drug-likeness (QED) is 0.581. The van der Waals surface area contributed by atoms with E-state index in [1.54, 1.807) is 6.07 Å². The Morgan fingerprint density at radius 1 is 1.39 bits per heavy atom. The van der Waals surface area contributed by atoms with E-state index in [1.807, 2.05) is 6.92 Å². The van der Waals surface area contributed by atoms with Crippen molar-refractivity contribution >= 4 is 16.8 Å². The second-order valence-electron chi connectivity index (χ2n) is 4.02. The highest BCUT2D eigenvalue weighted by Gasteiger charge is 2.12. The van der Waals surface area contributed by atoms with Crippen LogP contribution in [-0.2, 0) is 4.74 Å². The maximum atomic E-state index is 13.0. The molecule has 0 saturated carbocycles. The van der Waals surface area contributed by atoms with Gasteiger partial charge in [0.15, 0.2) is 11.5 Å². The van der Waals surface area contributed by atoms with Gasteiger partial charge in [0.2, 0.25) is 0 Å². The Labute approximate surface area is 105 Å². The van der Waals surface area contributed by atoms with Gasteiger partial charge in [-0.2, -0.15) is 0 Å². The minimum Gasteiger partial charge on any atom is -0.453 e. The molecule has 0 amide bonds. The summed E-state index contributed by atoms with van der Waals surface area (Å²) >= 11 is 0. The van der Waals surface area contributed by atoms with E-state index in [-0.39, 0.29) is 17.4 Å². The molecular formula is C14H15FO3. The molecule has 0 saturated heterocycles. The van der Waals surface area contributed by atoms with Crippen LogP contribution in [0.5, 0.6) is 0 Å². The van der Waals surface area contributed by atoms with Gasteiger partial charge in [-0.25, -0.2) is 4.39 Å². The lowest BCUT2D eigenvalue weighted by Gasteiger charge is -1.98. The standard InChI is InChI=1S/C14H15FO3/c1-2-17-7-3-4-12(16)14-9-10-8-11(15)5-6-13(10)18-14/h5-6,8-9H,2-4,7H2,1H3. The summed E-state index contributed by atoms with van der Waals surface area (Å²) < 4.78 is 23.5. The number of rotatable bonds is 6. The topological polar surface area (TPSA) is 39.4 Å². The van der Waals surface area contributed by atoms with Crippen LogP contribution in [-0.4, -0.2) is 19.0 Å². The Bertz CT molecular complexity index is 545. The molecule has 0 unspecified atom stereocenters. The molecule has 0 atom stereocenters. The minimum atomic E-state index is -0.335. The Balaban J connectivity index is 2.04. The van der Waals surface area contributed by atoms with E-state index in [9.17, 15) is 9.18 Å². The first-order valence-corrected chi connectivity index (χ1v) is 6.00. The summed E-state index contributed by atoms with van der Waals surface area (Å²) in [6, 6.07) is 5.79. The molecule has 3 nitrogen and oxygen atoms in total. The predicted molar refractivity (Wildman–Crippen MR) is 66.2 cm³/mol. The van der Waals surface area contributed by atoms with Crippen molar-refractivity contribution in [2.24, 2.45) is 0 Å². The third-order valence-corrected chi connectivity index (χ3v) is 2.65. The fourth-order valence-electron chi connectivity index (χ4n) is 1.75. The van der Waals surface area contributed by atoms with Gasteiger partial charge in [0, 0.05) is 25.0 Å². The van der Waals surface area contributed by atoms with Crippen LogP contribution >= 0.6 is 0 Å². The highest BCUT2D eigenvalue weighted by atomic mass is 19.1. The number of carbonyl (C=O) groups excluding carboxylic acids is 1. The smallest absolute Gasteiger partial charge is 0.198 e. The molecule has 1 heterocycles. The zero-order valence-corrected chi connectivity index (χ0v) is 10.2. The molecule has 0 fully saturated rings. The molecule has 0 aliphatic rings. The van der Waals surface area contributed by atoms with E-state index in [4.69, 9.17) is 9.15 Å². The first kappa shape index (κ1) is 12.8. The van der Waals surface area contributed by atoms with Crippen LogP contribution in [0, 0.1) is 5.82 Å². The van der Waals surface area contributed by atoms with Crippen molar-refractivity contribution < 1.29 is 18.3 Å². The molecule has 0 bridgehead atoms. The average molecular weight is 250 g/mol. The monoisotopic (exact) mass is 250 g/mol. The van der Waals surface area contributed by atoms with Gasteiger partial charge in [-0.1, -0.05) is 0 Å². The van der Waals surface area contributed by atoms with Crippen LogP contribution in [0.2, 0.25) is 0 Å². The molecule has 0 aliphatic carbocycles. The molecular weight excluding hydrogens is 235 g/mol. The normalized spacial score (nSPS) is 11.0. The van der Waals surface area contributed by atoms with Crippen molar-refractivity contribution in [3.05, 3.63) is 35.8 Å². The highest BCUT2D eigenvalue weighted by Crippen LogP contribution is 2.21. The molecule has 0 radical (unpaired) electrons. The lowest BCUT2D eigenvalue weighted by Crippen LogP contribution is -2.00. The summed E-state index contributed by atoms with van der Waals surface area (Å²) in [5, 5.41) is 0.614. The largest absolute Gasteiger partial charge is 0.453 e. The summed E-state index contributed by atoms with van der Waals surface area (Å²) in [6.07, 6.45) is 1.04. The number of furan rings is 1. The number of benzene rings is 1.